The first-order valence-electron chi connectivity index (χ1n) is 9.85. The normalized spacial score (nSPS) is 21.8. The van der Waals surface area contributed by atoms with Crippen molar-refractivity contribution in [1.82, 2.24) is 15.1 Å². The number of nitrogens with one attached hydrogen (secondary N) is 2. The Kier molecular flexibility index (Phi) is 6.80. The second-order valence-corrected chi connectivity index (χ2v) is 7.73. The first kappa shape index (κ1) is 20.9. The molecule has 0 atom stereocenters. The number of rotatable bonds is 2. The van der Waals surface area contributed by atoms with E-state index in [0.29, 0.717) is 39.3 Å². The first-order chi connectivity index (χ1) is 13.2. The van der Waals surface area contributed by atoms with Crippen molar-refractivity contribution in [3.8, 4) is 0 Å². The Bertz CT molecular complexity index is 702. The minimum Gasteiger partial charge on any atom is -0.379 e. The lowest BCUT2D eigenvalue weighted by Gasteiger charge is -2.42. The van der Waals surface area contributed by atoms with Gasteiger partial charge in [0, 0.05) is 37.3 Å². The van der Waals surface area contributed by atoms with Crippen LogP contribution in [0.25, 0.3) is 0 Å². The summed E-state index contributed by atoms with van der Waals surface area (Å²) < 4.78 is 5.33. The average molecular weight is 409 g/mol. The second kappa shape index (κ2) is 9.11. The SMILES string of the molecule is Cl.O=C(CN1Cc2ccccc2NC2(CCNCC2)CC1=O)N1CCOCC1. The third kappa shape index (κ3) is 4.59. The Hall–Kier alpha value is -1.83. The summed E-state index contributed by atoms with van der Waals surface area (Å²) in [6.45, 7) is 4.76. The molecule has 1 aromatic rings. The van der Waals surface area contributed by atoms with Gasteiger partial charge in [0.1, 0.15) is 6.54 Å². The van der Waals surface area contributed by atoms with Crippen LogP contribution in [0.2, 0.25) is 0 Å². The molecule has 0 aliphatic carbocycles. The predicted molar refractivity (Wildman–Crippen MR) is 110 cm³/mol. The summed E-state index contributed by atoms with van der Waals surface area (Å²) in [5, 5.41) is 7.06. The molecule has 4 rings (SSSR count). The molecule has 1 aromatic carbocycles. The zero-order valence-electron chi connectivity index (χ0n) is 16.1. The van der Waals surface area contributed by atoms with Crippen molar-refractivity contribution in [3.05, 3.63) is 29.8 Å². The van der Waals surface area contributed by atoms with Crippen molar-refractivity contribution in [2.75, 3.05) is 51.3 Å². The van der Waals surface area contributed by atoms with E-state index in [2.05, 4.69) is 16.7 Å². The van der Waals surface area contributed by atoms with E-state index in [-0.39, 0.29) is 36.3 Å². The third-order valence-electron chi connectivity index (χ3n) is 5.87. The molecule has 2 N–H and O–H groups in total. The number of benzene rings is 1. The van der Waals surface area contributed by atoms with Crippen LogP contribution in [0.15, 0.2) is 24.3 Å². The molecule has 0 aromatic heterocycles. The minimum atomic E-state index is -0.237. The highest BCUT2D eigenvalue weighted by Gasteiger charge is 2.38. The number of fused-ring (bicyclic) bond motifs is 1. The lowest BCUT2D eigenvalue weighted by molar-refractivity contribution is -0.144. The number of halogens is 1. The van der Waals surface area contributed by atoms with Crippen molar-refractivity contribution in [3.63, 3.8) is 0 Å². The van der Waals surface area contributed by atoms with E-state index in [1.54, 1.807) is 9.80 Å². The molecule has 3 aliphatic rings. The summed E-state index contributed by atoms with van der Waals surface area (Å²) in [6, 6.07) is 8.13. The highest BCUT2D eigenvalue weighted by molar-refractivity contribution is 5.86. The fourth-order valence-electron chi connectivity index (χ4n) is 4.23. The molecule has 28 heavy (non-hydrogen) atoms. The van der Waals surface area contributed by atoms with Gasteiger partial charge in [-0.2, -0.15) is 0 Å². The number of morpholine rings is 1. The zero-order chi connectivity index (χ0) is 18.7. The molecule has 2 fully saturated rings. The third-order valence-corrected chi connectivity index (χ3v) is 5.87. The number of hydrogen-bond acceptors (Lipinski definition) is 5. The molecule has 2 saturated heterocycles. The van der Waals surface area contributed by atoms with Crippen LogP contribution in [0.3, 0.4) is 0 Å². The molecule has 1 spiro atoms. The van der Waals surface area contributed by atoms with Crippen LogP contribution >= 0.6 is 12.4 Å². The molecule has 0 bridgehead atoms. The summed E-state index contributed by atoms with van der Waals surface area (Å²) in [5.41, 5.74) is 1.91. The molecular formula is C20H29ClN4O3. The van der Waals surface area contributed by atoms with Gasteiger partial charge in [-0.05, 0) is 37.6 Å². The van der Waals surface area contributed by atoms with Crippen LogP contribution in [0.1, 0.15) is 24.8 Å². The Morgan fingerprint density at radius 3 is 2.61 bits per heavy atom. The van der Waals surface area contributed by atoms with Gasteiger partial charge in [0.05, 0.1) is 13.2 Å². The van der Waals surface area contributed by atoms with Crippen LogP contribution in [-0.2, 0) is 20.9 Å². The number of hydrogen-bond donors (Lipinski definition) is 2. The van der Waals surface area contributed by atoms with Gasteiger partial charge < -0.3 is 25.2 Å². The number of nitrogens with zero attached hydrogens (tertiary/aromatic N) is 2. The quantitative estimate of drug-likeness (QED) is 0.770. The Morgan fingerprint density at radius 2 is 1.86 bits per heavy atom. The molecule has 7 nitrogen and oxygen atoms in total. The zero-order valence-corrected chi connectivity index (χ0v) is 16.9. The van der Waals surface area contributed by atoms with Crippen molar-refractivity contribution in [1.29, 1.82) is 0 Å². The van der Waals surface area contributed by atoms with Crippen LogP contribution in [0.4, 0.5) is 5.69 Å². The molecular weight excluding hydrogens is 380 g/mol. The van der Waals surface area contributed by atoms with Crippen LogP contribution < -0.4 is 10.6 Å². The molecule has 0 unspecified atom stereocenters. The molecule has 3 aliphatic heterocycles. The predicted octanol–water partition coefficient (Wildman–Crippen LogP) is 1.23. The van der Waals surface area contributed by atoms with E-state index in [1.165, 1.54) is 0 Å². The van der Waals surface area contributed by atoms with Gasteiger partial charge in [-0.1, -0.05) is 18.2 Å². The molecule has 8 heteroatoms. The number of ether oxygens (including phenoxy) is 1. The van der Waals surface area contributed by atoms with Gasteiger partial charge in [0.2, 0.25) is 11.8 Å². The summed E-state index contributed by atoms with van der Waals surface area (Å²) in [6.07, 6.45) is 2.23. The van der Waals surface area contributed by atoms with E-state index in [0.717, 1.165) is 37.2 Å². The van der Waals surface area contributed by atoms with Gasteiger partial charge in [-0.15, -0.1) is 12.4 Å². The number of piperidine rings is 1. The van der Waals surface area contributed by atoms with Crippen LogP contribution in [-0.4, -0.2) is 73.1 Å². The monoisotopic (exact) mass is 408 g/mol. The highest BCUT2D eigenvalue weighted by Crippen LogP contribution is 2.33. The maximum atomic E-state index is 13.1. The summed E-state index contributed by atoms with van der Waals surface area (Å²) >= 11 is 0. The van der Waals surface area contributed by atoms with Gasteiger partial charge in [0.25, 0.3) is 0 Å². The van der Waals surface area contributed by atoms with E-state index in [1.807, 2.05) is 18.2 Å². The van der Waals surface area contributed by atoms with E-state index in [4.69, 9.17) is 4.74 Å². The van der Waals surface area contributed by atoms with Crippen molar-refractivity contribution in [2.24, 2.45) is 0 Å². The first-order valence-corrected chi connectivity index (χ1v) is 9.85. The van der Waals surface area contributed by atoms with E-state index in [9.17, 15) is 9.59 Å². The maximum Gasteiger partial charge on any atom is 0.242 e. The summed E-state index contributed by atoms with van der Waals surface area (Å²) in [5.74, 6) is 0.0672. The Labute approximate surface area is 172 Å². The van der Waals surface area contributed by atoms with Gasteiger partial charge in [-0.25, -0.2) is 0 Å². The molecule has 2 amide bonds. The summed E-state index contributed by atoms with van der Waals surface area (Å²) in [4.78, 5) is 29.4. The number of anilines is 1. The Balaban J connectivity index is 0.00000225. The van der Waals surface area contributed by atoms with E-state index >= 15 is 0 Å². The van der Waals surface area contributed by atoms with Crippen molar-refractivity contribution in [2.45, 2.75) is 31.3 Å². The van der Waals surface area contributed by atoms with Crippen LogP contribution in [0.5, 0.6) is 0 Å². The average Bonchev–Trinajstić information content (AvgIpc) is 2.69. The number of carbonyl (C=O) groups is 2. The maximum absolute atomic E-state index is 13.1. The summed E-state index contributed by atoms with van der Waals surface area (Å²) in [7, 11) is 0. The topological polar surface area (TPSA) is 73.9 Å². The standard InChI is InChI=1S/C20H28N4O3.ClH/c25-18-13-20(5-7-21-8-6-20)22-17-4-2-1-3-16(17)14-24(18)15-19(26)23-9-11-27-12-10-23;/h1-4,21-22H,5-15H2;1H. The Morgan fingerprint density at radius 1 is 1.14 bits per heavy atom. The van der Waals surface area contributed by atoms with Gasteiger partial charge >= 0.3 is 0 Å². The molecule has 154 valence electrons. The van der Waals surface area contributed by atoms with E-state index < -0.39 is 0 Å². The smallest absolute Gasteiger partial charge is 0.242 e. The minimum absolute atomic E-state index is 0. The number of amides is 2. The lowest BCUT2D eigenvalue weighted by Crippen LogP contribution is -2.53. The fraction of sp³-hybridized carbons (Fsp3) is 0.600. The lowest BCUT2D eigenvalue weighted by atomic mass is 9.83. The van der Waals surface area contributed by atoms with Crippen molar-refractivity contribution < 1.29 is 14.3 Å². The molecule has 0 saturated carbocycles. The highest BCUT2D eigenvalue weighted by atomic mass is 35.5. The number of para-hydroxylation sites is 1. The van der Waals surface area contributed by atoms with Gasteiger partial charge in [0.15, 0.2) is 0 Å². The number of carbonyl (C=O) groups excluding carboxylic acids is 2. The molecule has 3 heterocycles. The van der Waals surface area contributed by atoms with Crippen LogP contribution in [0, 0.1) is 0 Å². The fourth-order valence-corrected chi connectivity index (χ4v) is 4.23. The van der Waals surface area contributed by atoms with Gasteiger partial charge in [-0.3, -0.25) is 9.59 Å². The van der Waals surface area contributed by atoms with Crippen molar-refractivity contribution >= 4 is 29.9 Å². The second-order valence-electron chi connectivity index (χ2n) is 7.73. The largest absolute Gasteiger partial charge is 0.379 e. The molecule has 0 radical (unpaired) electrons.